The van der Waals surface area contributed by atoms with Crippen LogP contribution < -0.4 is 0 Å². The Kier molecular flexibility index (Phi) is 3.67. The van der Waals surface area contributed by atoms with Gasteiger partial charge < -0.3 is 0 Å². The minimum Gasteiger partial charge on any atom is -0.260 e. The van der Waals surface area contributed by atoms with Crippen LogP contribution in [0.3, 0.4) is 0 Å². The van der Waals surface area contributed by atoms with Gasteiger partial charge >= 0.3 is 0 Å². The maximum atomic E-state index is 14.0. The smallest absolute Gasteiger partial charge is 0.180 e. The van der Waals surface area contributed by atoms with Gasteiger partial charge in [0.05, 0.1) is 17.6 Å². The molecule has 0 radical (unpaired) electrons. The summed E-state index contributed by atoms with van der Waals surface area (Å²) in [5, 5.41) is 14.4. The van der Waals surface area contributed by atoms with Gasteiger partial charge in [0, 0.05) is 23.3 Å². The third-order valence-electron chi connectivity index (χ3n) is 3.93. The second kappa shape index (κ2) is 6.13. The van der Waals surface area contributed by atoms with E-state index in [1.165, 1.54) is 18.5 Å². The minimum absolute atomic E-state index is 0.266. The lowest BCUT2D eigenvalue weighted by Crippen LogP contribution is -2.04. The fourth-order valence-electron chi connectivity index (χ4n) is 2.71. The summed E-state index contributed by atoms with van der Waals surface area (Å²) in [5.41, 5.74) is 2.42. The molecule has 0 N–H and O–H groups in total. The molecule has 0 amide bonds. The Morgan fingerprint density at radius 1 is 1.00 bits per heavy atom. The molecule has 25 heavy (non-hydrogen) atoms. The molecule has 4 aromatic rings. The summed E-state index contributed by atoms with van der Waals surface area (Å²) in [4.78, 5) is 8.45. The molecule has 0 spiro atoms. The Labute approximate surface area is 143 Å². The van der Waals surface area contributed by atoms with E-state index in [1.807, 2.05) is 30.3 Å². The third-order valence-corrected chi connectivity index (χ3v) is 3.93. The van der Waals surface area contributed by atoms with E-state index in [4.69, 9.17) is 5.26 Å². The van der Waals surface area contributed by atoms with Crippen molar-refractivity contribution in [3.8, 4) is 17.6 Å². The first kappa shape index (κ1) is 15.0. The van der Waals surface area contributed by atoms with Gasteiger partial charge in [-0.25, -0.2) is 14.4 Å². The number of fused-ring (bicyclic) bond motifs is 1. The maximum Gasteiger partial charge on any atom is 0.180 e. The monoisotopic (exact) mass is 329 g/mol. The molecule has 0 aliphatic heterocycles. The Morgan fingerprint density at radius 2 is 1.72 bits per heavy atom. The van der Waals surface area contributed by atoms with Crippen LogP contribution in [0.15, 0.2) is 60.9 Å². The third kappa shape index (κ3) is 2.72. The van der Waals surface area contributed by atoms with Crippen LogP contribution in [0.5, 0.6) is 0 Å². The van der Waals surface area contributed by atoms with E-state index >= 15 is 0 Å². The average Bonchev–Trinajstić information content (AvgIpc) is 3.02. The van der Waals surface area contributed by atoms with Gasteiger partial charge in [0.1, 0.15) is 17.6 Å². The second-order valence-corrected chi connectivity index (χ2v) is 5.52. The summed E-state index contributed by atoms with van der Waals surface area (Å²) >= 11 is 0. The quantitative estimate of drug-likeness (QED) is 0.576. The van der Waals surface area contributed by atoms with Crippen LogP contribution in [0.4, 0.5) is 4.39 Å². The summed E-state index contributed by atoms with van der Waals surface area (Å²) in [7, 11) is 0. The first-order chi connectivity index (χ1) is 12.3. The standard InChI is InChI=1S/C19H12FN5/c20-16-7-3-1-5-14(16)12-25-17-8-4-2-6-15(17)18(24-25)19-22-10-13(9-21)11-23-19/h1-8,10-11H,12H2. The largest absolute Gasteiger partial charge is 0.260 e. The van der Waals surface area contributed by atoms with E-state index in [-0.39, 0.29) is 5.82 Å². The Hall–Kier alpha value is -3.59. The van der Waals surface area contributed by atoms with Gasteiger partial charge in [-0.05, 0) is 12.1 Å². The fraction of sp³-hybridized carbons (Fsp3) is 0.0526. The van der Waals surface area contributed by atoms with Crippen molar-refractivity contribution < 1.29 is 4.39 Å². The number of para-hydroxylation sites is 1. The summed E-state index contributed by atoms with van der Waals surface area (Å²) in [6.07, 6.45) is 2.93. The lowest BCUT2D eigenvalue weighted by atomic mass is 10.2. The van der Waals surface area contributed by atoms with E-state index in [1.54, 1.807) is 22.9 Å². The number of hydrogen-bond acceptors (Lipinski definition) is 4. The molecule has 2 aromatic heterocycles. The molecule has 2 aromatic carbocycles. The lowest BCUT2D eigenvalue weighted by molar-refractivity contribution is 0.590. The Balaban J connectivity index is 1.84. The summed E-state index contributed by atoms with van der Waals surface area (Å²) in [6, 6.07) is 16.3. The predicted molar refractivity (Wildman–Crippen MR) is 91.0 cm³/mol. The van der Waals surface area contributed by atoms with Crippen molar-refractivity contribution in [3.05, 3.63) is 77.9 Å². The zero-order chi connectivity index (χ0) is 17.2. The minimum atomic E-state index is -0.266. The number of aromatic nitrogens is 4. The molecular weight excluding hydrogens is 317 g/mol. The molecule has 0 unspecified atom stereocenters. The Morgan fingerprint density at radius 3 is 2.48 bits per heavy atom. The molecule has 0 saturated heterocycles. The van der Waals surface area contributed by atoms with Gasteiger partial charge in [0.25, 0.3) is 0 Å². The molecule has 0 atom stereocenters. The lowest BCUT2D eigenvalue weighted by Gasteiger charge is -2.04. The molecule has 0 aliphatic carbocycles. The van der Waals surface area contributed by atoms with E-state index < -0.39 is 0 Å². The second-order valence-electron chi connectivity index (χ2n) is 5.52. The molecule has 5 nitrogen and oxygen atoms in total. The number of benzene rings is 2. The molecule has 0 fully saturated rings. The Bertz CT molecular complexity index is 1090. The van der Waals surface area contributed by atoms with Gasteiger partial charge in [-0.15, -0.1) is 0 Å². The summed E-state index contributed by atoms with van der Waals surface area (Å²) in [5.74, 6) is 0.167. The maximum absolute atomic E-state index is 14.0. The van der Waals surface area contributed by atoms with Crippen LogP contribution in [-0.2, 0) is 6.54 Å². The van der Waals surface area contributed by atoms with E-state index in [9.17, 15) is 4.39 Å². The van der Waals surface area contributed by atoms with Gasteiger partial charge in [0.15, 0.2) is 5.82 Å². The van der Waals surface area contributed by atoms with Crippen molar-refractivity contribution in [3.63, 3.8) is 0 Å². The van der Waals surface area contributed by atoms with Crippen molar-refractivity contribution in [1.82, 2.24) is 19.7 Å². The first-order valence-corrected chi connectivity index (χ1v) is 7.68. The number of rotatable bonds is 3. The van der Waals surface area contributed by atoms with Crippen molar-refractivity contribution in [2.45, 2.75) is 6.54 Å². The van der Waals surface area contributed by atoms with E-state index in [0.717, 1.165) is 10.9 Å². The summed E-state index contributed by atoms with van der Waals surface area (Å²) < 4.78 is 15.7. The zero-order valence-corrected chi connectivity index (χ0v) is 13.1. The molecule has 120 valence electrons. The highest BCUT2D eigenvalue weighted by Crippen LogP contribution is 2.26. The van der Waals surface area contributed by atoms with Gasteiger partial charge in [-0.3, -0.25) is 4.68 Å². The van der Waals surface area contributed by atoms with E-state index in [2.05, 4.69) is 15.1 Å². The van der Waals surface area contributed by atoms with Crippen molar-refractivity contribution >= 4 is 10.9 Å². The number of nitriles is 1. The normalized spacial score (nSPS) is 10.7. The van der Waals surface area contributed by atoms with Crippen LogP contribution in [-0.4, -0.2) is 19.7 Å². The molecule has 4 rings (SSSR count). The zero-order valence-electron chi connectivity index (χ0n) is 13.1. The van der Waals surface area contributed by atoms with Crippen LogP contribution in [0.2, 0.25) is 0 Å². The molecule has 0 saturated carbocycles. The highest BCUT2D eigenvalue weighted by molar-refractivity contribution is 5.91. The van der Waals surface area contributed by atoms with Gasteiger partial charge in [-0.2, -0.15) is 10.4 Å². The molecular formula is C19H12FN5. The number of hydrogen-bond donors (Lipinski definition) is 0. The topological polar surface area (TPSA) is 67.4 Å². The fourth-order valence-corrected chi connectivity index (χ4v) is 2.71. The van der Waals surface area contributed by atoms with Crippen molar-refractivity contribution in [2.24, 2.45) is 0 Å². The van der Waals surface area contributed by atoms with Crippen molar-refractivity contribution in [2.75, 3.05) is 0 Å². The van der Waals surface area contributed by atoms with Crippen LogP contribution in [0.25, 0.3) is 22.4 Å². The highest BCUT2D eigenvalue weighted by Gasteiger charge is 2.15. The van der Waals surface area contributed by atoms with Crippen molar-refractivity contribution in [1.29, 1.82) is 5.26 Å². The SMILES string of the molecule is N#Cc1cnc(-c2nn(Cc3ccccc3F)c3ccccc23)nc1. The number of halogens is 1. The number of nitrogens with zero attached hydrogens (tertiary/aromatic N) is 5. The predicted octanol–water partition coefficient (Wildman–Crippen LogP) is 3.55. The highest BCUT2D eigenvalue weighted by atomic mass is 19.1. The van der Waals surface area contributed by atoms with Crippen LogP contribution in [0.1, 0.15) is 11.1 Å². The first-order valence-electron chi connectivity index (χ1n) is 7.68. The average molecular weight is 329 g/mol. The molecule has 2 heterocycles. The molecule has 0 aliphatic rings. The van der Waals surface area contributed by atoms with Crippen LogP contribution >= 0.6 is 0 Å². The summed E-state index contributed by atoms with van der Waals surface area (Å²) in [6.45, 7) is 0.309. The van der Waals surface area contributed by atoms with Gasteiger partial charge in [0.2, 0.25) is 0 Å². The van der Waals surface area contributed by atoms with Gasteiger partial charge in [-0.1, -0.05) is 36.4 Å². The van der Waals surface area contributed by atoms with Crippen LogP contribution in [0, 0.1) is 17.1 Å². The van der Waals surface area contributed by atoms with E-state index in [0.29, 0.717) is 29.2 Å². The molecule has 0 bridgehead atoms. The molecule has 6 heteroatoms.